The van der Waals surface area contributed by atoms with Gasteiger partial charge in [0.05, 0.1) is 16.4 Å². The van der Waals surface area contributed by atoms with Crippen LogP contribution in [0.15, 0.2) is 67.0 Å². The first-order valence-electron chi connectivity index (χ1n) is 10.4. The van der Waals surface area contributed by atoms with E-state index in [1.807, 2.05) is 44.2 Å². The minimum absolute atomic E-state index is 0.0721. The van der Waals surface area contributed by atoms with Crippen LogP contribution in [0.5, 0.6) is 0 Å². The summed E-state index contributed by atoms with van der Waals surface area (Å²) in [6, 6.07) is 9.94. The first-order chi connectivity index (χ1) is 14.1. The number of hydrogen-bond donors (Lipinski definition) is 1. The van der Waals surface area contributed by atoms with Crippen LogP contribution in [0.25, 0.3) is 0 Å². The van der Waals surface area contributed by atoms with E-state index in [2.05, 4.69) is 13.2 Å². The van der Waals surface area contributed by atoms with E-state index in [-0.39, 0.29) is 35.9 Å². The highest BCUT2D eigenvalue weighted by atomic mass is 16.3. The molecule has 1 N–H and O–H groups in total. The van der Waals surface area contributed by atoms with E-state index >= 15 is 0 Å². The van der Waals surface area contributed by atoms with Gasteiger partial charge in [0.15, 0.2) is 17.3 Å². The molecule has 1 aromatic rings. The van der Waals surface area contributed by atoms with Crippen molar-refractivity contribution in [2.75, 3.05) is 0 Å². The van der Waals surface area contributed by atoms with Crippen LogP contribution in [0.1, 0.15) is 45.6 Å². The quantitative estimate of drug-likeness (QED) is 0.395. The molecule has 0 amide bonds. The second kappa shape index (κ2) is 7.50. The Labute approximate surface area is 178 Å². The van der Waals surface area contributed by atoms with Gasteiger partial charge in [0.25, 0.3) is 0 Å². The minimum atomic E-state index is -1.38. The fraction of sp³-hybridized carbons (Fsp3) is 0.423. The van der Waals surface area contributed by atoms with Crippen LogP contribution in [-0.4, -0.2) is 22.5 Å². The largest absolute Gasteiger partial charge is 0.510 e. The Kier molecular flexibility index (Phi) is 5.48. The van der Waals surface area contributed by atoms with E-state index in [1.54, 1.807) is 12.2 Å². The molecule has 0 heterocycles. The molecule has 4 nitrogen and oxygen atoms in total. The van der Waals surface area contributed by atoms with E-state index in [0.717, 1.165) is 5.56 Å². The summed E-state index contributed by atoms with van der Waals surface area (Å²) in [4.78, 5) is 40.0. The van der Waals surface area contributed by atoms with Crippen molar-refractivity contribution in [2.24, 2.45) is 22.2 Å². The Morgan fingerprint density at radius 3 is 2.27 bits per heavy atom. The molecule has 2 bridgehead atoms. The van der Waals surface area contributed by atoms with Crippen LogP contribution in [0.3, 0.4) is 0 Å². The van der Waals surface area contributed by atoms with Crippen LogP contribution in [0.4, 0.5) is 0 Å². The molecular formula is C26H30O4. The van der Waals surface area contributed by atoms with E-state index in [0.29, 0.717) is 12.8 Å². The maximum absolute atomic E-state index is 14.0. The number of carbonyl (C=O) groups is 3. The maximum atomic E-state index is 14.0. The van der Waals surface area contributed by atoms with Gasteiger partial charge in [-0.3, -0.25) is 14.4 Å². The maximum Gasteiger partial charge on any atom is 0.183 e. The number of hydrogen-bond acceptors (Lipinski definition) is 4. The molecule has 0 spiro atoms. The second-order valence-electron chi connectivity index (χ2n) is 9.22. The summed E-state index contributed by atoms with van der Waals surface area (Å²) < 4.78 is 0. The number of benzene rings is 1. The molecule has 4 heteroatoms. The number of ketones is 3. The average Bonchev–Trinajstić information content (AvgIpc) is 2.69. The normalized spacial score (nSPS) is 30.2. The van der Waals surface area contributed by atoms with E-state index in [4.69, 9.17) is 0 Å². The number of aliphatic hydroxyl groups excluding tert-OH is 1. The van der Waals surface area contributed by atoms with Crippen molar-refractivity contribution in [3.05, 3.63) is 72.5 Å². The predicted octanol–water partition coefficient (Wildman–Crippen LogP) is 4.95. The van der Waals surface area contributed by atoms with Crippen LogP contribution >= 0.6 is 0 Å². The molecule has 3 atom stereocenters. The lowest BCUT2D eigenvalue weighted by atomic mass is 9.40. The van der Waals surface area contributed by atoms with Crippen molar-refractivity contribution < 1.29 is 19.5 Å². The molecule has 1 aromatic carbocycles. The third kappa shape index (κ3) is 2.77. The van der Waals surface area contributed by atoms with E-state index in [1.165, 1.54) is 6.92 Å². The second-order valence-corrected chi connectivity index (χ2v) is 9.22. The number of Topliss-reactive ketones (excluding diaryl/α,β-unsaturated/α-hetero) is 3. The molecule has 1 fully saturated rings. The van der Waals surface area contributed by atoms with Crippen molar-refractivity contribution in [1.29, 1.82) is 0 Å². The molecule has 158 valence electrons. The van der Waals surface area contributed by atoms with Crippen molar-refractivity contribution in [2.45, 2.75) is 46.5 Å². The van der Waals surface area contributed by atoms with Gasteiger partial charge in [-0.05, 0) is 49.5 Å². The van der Waals surface area contributed by atoms with E-state index in [9.17, 15) is 19.5 Å². The summed E-state index contributed by atoms with van der Waals surface area (Å²) in [5.74, 6) is -1.84. The van der Waals surface area contributed by atoms with Gasteiger partial charge >= 0.3 is 0 Å². The first kappa shape index (κ1) is 21.9. The van der Waals surface area contributed by atoms with Crippen molar-refractivity contribution in [3.8, 4) is 0 Å². The molecule has 2 aliphatic carbocycles. The van der Waals surface area contributed by atoms with Gasteiger partial charge in [-0.1, -0.05) is 56.3 Å². The number of aliphatic hydroxyl groups is 1. The Bertz CT molecular complexity index is 953. The van der Waals surface area contributed by atoms with Gasteiger partial charge in [0.1, 0.15) is 5.76 Å². The highest BCUT2D eigenvalue weighted by Crippen LogP contribution is 2.66. The Morgan fingerprint density at radius 2 is 1.73 bits per heavy atom. The molecule has 3 rings (SSSR count). The lowest BCUT2D eigenvalue weighted by Gasteiger charge is -2.60. The van der Waals surface area contributed by atoms with Gasteiger partial charge in [-0.15, -0.1) is 13.2 Å². The Balaban J connectivity index is 2.32. The number of fused-ring (bicyclic) bond motifs is 2. The zero-order chi connectivity index (χ0) is 22.3. The summed E-state index contributed by atoms with van der Waals surface area (Å²) in [5, 5.41) is 11.3. The first-order valence-corrected chi connectivity index (χ1v) is 10.4. The topological polar surface area (TPSA) is 71.4 Å². The van der Waals surface area contributed by atoms with Crippen LogP contribution in [-0.2, 0) is 20.8 Å². The standard InChI is InChI=1S/C26H30O4/c1-6-13-25-16-19(15-18-11-9-8-10-12-18)24(4,5)26(14-7-2,23(25)30)22(29)20(17(3)27)21(25)28/h6-12,19,29H,1-2,13-16H2,3-5H3/t19-,25-,26+/m1/s1. The monoisotopic (exact) mass is 406 g/mol. The van der Waals surface area contributed by atoms with Gasteiger partial charge in [0, 0.05) is 0 Å². The van der Waals surface area contributed by atoms with Gasteiger partial charge < -0.3 is 5.11 Å². The lowest BCUT2D eigenvalue weighted by molar-refractivity contribution is -0.169. The third-order valence-corrected chi connectivity index (χ3v) is 7.46. The SMILES string of the molecule is C=CC[C@]12C[C@@H](Cc3ccccc3)C(C)(C)[C@](CC=C)(C1=O)C(O)=C(C(C)=O)C2=O. The summed E-state index contributed by atoms with van der Waals surface area (Å²) in [5.41, 5.74) is -2.58. The highest BCUT2D eigenvalue weighted by molar-refractivity contribution is 6.31. The summed E-state index contributed by atoms with van der Waals surface area (Å²) in [6.45, 7) is 12.8. The van der Waals surface area contributed by atoms with Crippen LogP contribution < -0.4 is 0 Å². The summed E-state index contributed by atoms with van der Waals surface area (Å²) in [7, 11) is 0. The zero-order valence-electron chi connectivity index (χ0n) is 18.0. The average molecular weight is 407 g/mol. The molecule has 30 heavy (non-hydrogen) atoms. The molecule has 0 saturated heterocycles. The van der Waals surface area contributed by atoms with Gasteiger partial charge in [-0.25, -0.2) is 0 Å². The number of carbonyl (C=O) groups excluding carboxylic acids is 3. The zero-order valence-corrected chi connectivity index (χ0v) is 18.0. The van der Waals surface area contributed by atoms with Crippen LogP contribution in [0, 0.1) is 22.2 Å². The van der Waals surface area contributed by atoms with Gasteiger partial charge in [0.2, 0.25) is 0 Å². The number of allylic oxidation sites excluding steroid dienone is 4. The molecule has 0 unspecified atom stereocenters. The smallest absolute Gasteiger partial charge is 0.183 e. The van der Waals surface area contributed by atoms with Crippen molar-refractivity contribution in [1.82, 2.24) is 0 Å². The fourth-order valence-corrected chi connectivity index (χ4v) is 5.72. The minimum Gasteiger partial charge on any atom is -0.510 e. The molecule has 2 aliphatic rings. The molecule has 0 aromatic heterocycles. The van der Waals surface area contributed by atoms with Crippen LogP contribution in [0.2, 0.25) is 0 Å². The summed E-state index contributed by atoms with van der Waals surface area (Å²) >= 11 is 0. The lowest BCUT2D eigenvalue weighted by Crippen LogP contribution is -2.66. The molecule has 0 aliphatic heterocycles. The van der Waals surface area contributed by atoms with Crippen molar-refractivity contribution >= 4 is 17.3 Å². The Morgan fingerprint density at radius 1 is 1.13 bits per heavy atom. The number of rotatable bonds is 7. The fourth-order valence-electron chi connectivity index (χ4n) is 5.72. The van der Waals surface area contributed by atoms with Crippen molar-refractivity contribution in [3.63, 3.8) is 0 Å². The molecule has 0 radical (unpaired) electrons. The third-order valence-electron chi connectivity index (χ3n) is 7.46. The summed E-state index contributed by atoms with van der Waals surface area (Å²) in [6.07, 6.45) is 4.48. The van der Waals surface area contributed by atoms with E-state index < -0.39 is 27.8 Å². The van der Waals surface area contributed by atoms with Gasteiger partial charge in [-0.2, -0.15) is 0 Å². The Hall–Kier alpha value is -2.75. The predicted molar refractivity (Wildman–Crippen MR) is 117 cm³/mol. The molecule has 1 saturated carbocycles. The molecular weight excluding hydrogens is 376 g/mol. The highest BCUT2D eigenvalue weighted by Gasteiger charge is 2.71.